The van der Waals surface area contributed by atoms with Gasteiger partial charge in [0.15, 0.2) is 0 Å². The summed E-state index contributed by atoms with van der Waals surface area (Å²) in [7, 11) is 0. The third-order valence-corrected chi connectivity index (χ3v) is 7.70. The number of likely N-dealkylation sites (tertiary alicyclic amines) is 1. The Labute approximate surface area is 184 Å². The first kappa shape index (κ1) is 24.3. The summed E-state index contributed by atoms with van der Waals surface area (Å²) in [6.45, 7) is 13.2. The lowest BCUT2D eigenvalue weighted by Gasteiger charge is -2.45. The number of carbonyl (C=O) groups is 1. The standard InChI is InChI=1S/C23H35ClN2O2S/c1-6-9-19-12-15-22(18-10-13-20(24)14-11-18)26(23(19)27)21(7-2)16-25(8-3)29(28)17(4)5/h6,10-11,13-14,17,19,21-22H,1,7-9,12,15-16H2,2-5H3/t19?,21?,22-,29?/m0/s1. The van der Waals surface area contributed by atoms with Crippen LogP contribution in [-0.4, -0.2) is 44.0 Å². The molecule has 1 saturated heterocycles. The zero-order valence-corrected chi connectivity index (χ0v) is 19.7. The lowest BCUT2D eigenvalue weighted by Crippen LogP contribution is -2.53. The van der Waals surface area contributed by atoms with Gasteiger partial charge in [-0.15, -0.1) is 10.9 Å². The summed E-state index contributed by atoms with van der Waals surface area (Å²) in [4.78, 5) is 15.6. The fourth-order valence-corrected chi connectivity index (χ4v) is 5.43. The molecule has 1 aromatic rings. The molecule has 1 aliphatic rings. The molecule has 4 atom stereocenters. The molecule has 162 valence electrons. The summed E-state index contributed by atoms with van der Waals surface area (Å²) < 4.78 is 14.8. The van der Waals surface area contributed by atoms with Crippen molar-refractivity contribution in [2.24, 2.45) is 5.92 Å². The predicted octanol–water partition coefficient (Wildman–Crippen LogP) is 5.37. The Kier molecular flexibility index (Phi) is 9.54. The maximum Gasteiger partial charge on any atom is 0.226 e. The van der Waals surface area contributed by atoms with E-state index in [9.17, 15) is 9.35 Å². The van der Waals surface area contributed by atoms with Crippen LogP contribution in [0.3, 0.4) is 0 Å². The van der Waals surface area contributed by atoms with Crippen LogP contribution in [0.5, 0.6) is 0 Å². The Morgan fingerprint density at radius 3 is 2.48 bits per heavy atom. The number of amides is 1. The number of nitrogens with zero attached hydrogens (tertiary/aromatic N) is 2. The van der Waals surface area contributed by atoms with Crippen LogP contribution < -0.4 is 0 Å². The molecule has 0 aliphatic carbocycles. The topological polar surface area (TPSA) is 46.6 Å². The highest BCUT2D eigenvalue weighted by molar-refractivity contribution is 7.89. The maximum atomic E-state index is 13.5. The fourth-order valence-electron chi connectivity index (χ4n) is 4.13. The van der Waals surface area contributed by atoms with E-state index in [1.165, 1.54) is 0 Å². The number of hydrogen-bond donors (Lipinski definition) is 0. The second-order valence-electron chi connectivity index (χ2n) is 7.98. The molecule has 29 heavy (non-hydrogen) atoms. The van der Waals surface area contributed by atoms with Crippen LogP contribution in [-0.2, 0) is 16.2 Å². The van der Waals surface area contributed by atoms with Crippen molar-refractivity contribution in [1.29, 1.82) is 0 Å². The molecular weight excluding hydrogens is 404 g/mol. The van der Waals surface area contributed by atoms with Crippen molar-refractivity contribution in [3.63, 3.8) is 0 Å². The number of halogens is 1. The smallest absolute Gasteiger partial charge is 0.226 e. The summed E-state index contributed by atoms with van der Waals surface area (Å²) in [6, 6.07) is 7.87. The van der Waals surface area contributed by atoms with E-state index in [0.717, 1.165) is 24.8 Å². The fraction of sp³-hybridized carbons (Fsp3) is 0.609. The Morgan fingerprint density at radius 2 is 1.97 bits per heavy atom. The van der Waals surface area contributed by atoms with E-state index in [1.807, 2.05) is 55.4 Å². The van der Waals surface area contributed by atoms with Crippen LogP contribution in [0.1, 0.15) is 65.0 Å². The molecule has 0 bridgehead atoms. The number of benzene rings is 1. The van der Waals surface area contributed by atoms with Gasteiger partial charge in [-0.3, -0.25) is 4.79 Å². The van der Waals surface area contributed by atoms with Crippen LogP contribution in [0, 0.1) is 5.92 Å². The lowest BCUT2D eigenvalue weighted by molar-refractivity contribution is -0.145. The minimum absolute atomic E-state index is 0.0124. The van der Waals surface area contributed by atoms with Crippen LogP contribution in [0.2, 0.25) is 5.02 Å². The van der Waals surface area contributed by atoms with Gasteiger partial charge in [0.25, 0.3) is 0 Å². The minimum Gasteiger partial charge on any atom is -0.598 e. The van der Waals surface area contributed by atoms with Gasteiger partial charge in [-0.05, 0) is 64.2 Å². The zero-order chi connectivity index (χ0) is 21.6. The first-order valence-electron chi connectivity index (χ1n) is 10.7. The molecule has 4 nitrogen and oxygen atoms in total. The number of piperidine rings is 1. The molecule has 0 radical (unpaired) electrons. The molecule has 6 heteroatoms. The molecule has 2 rings (SSSR count). The monoisotopic (exact) mass is 438 g/mol. The van der Waals surface area contributed by atoms with Gasteiger partial charge in [-0.1, -0.05) is 36.7 Å². The molecule has 0 aromatic heterocycles. The second-order valence-corrected chi connectivity index (χ2v) is 10.4. The van der Waals surface area contributed by atoms with Crippen molar-refractivity contribution in [3.8, 4) is 0 Å². The number of likely N-dealkylation sites (N-methyl/N-ethyl adjacent to an activating group) is 1. The molecule has 1 amide bonds. The first-order valence-corrected chi connectivity index (χ1v) is 12.2. The Morgan fingerprint density at radius 1 is 1.31 bits per heavy atom. The van der Waals surface area contributed by atoms with Gasteiger partial charge in [0.05, 0.1) is 12.6 Å². The van der Waals surface area contributed by atoms with Gasteiger partial charge in [-0.2, -0.15) is 0 Å². The van der Waals surface area contributed by atoms with Crippen LogP contribution in [0.4, 0.5) is 0 Å². The van der Waals surface area contributed by atoms with Crippen molar-refractivity contribution in [1.82, 2.24) is 9.21 Å². The summed E-state index contributed by atoms with van der Waals surface area (Å²) >= 11 is 5.03. The molecule has 0 saturated carbocycles. The highest BCUT2D eigenvalue weighted by atomic mass is 35.5. The molecule has 1 aromatic carbocycles. The maximum absolute atomic E-state index is 13.5. The highest BCUT2D eigenvalue weighted by Gasteiger charge is 2.40. The van der Waals surface area contributed by atoms with E-state index in [1.54, 1.807) is 0 Å². The number of allylic oxidation sites excluding steroid dienone is 1. The molecule has 0 N–H and O–H groups in total. The van der Waals surface area contributed by atoms with Crippen molar-refractivity contribution < 1.29 is 9.35 Å². The SMILES string of the molecule is C=CCC1CC[C@@H](c2ccc(Cl)cc2)N(C(CC)CN(CC)[S+]([O-])C(C)C)C1=O. The van der Waals surface area contributed by atoms with E-state index in [4.69, 9.17) is 11.6 Å². The van der Waals surface area contributed by atoms with Crippen LogP contribution >= 0.6 is 11.6 Å². The molecular formula is C23H35ClN2O2S. The third-order valence-electron chi connectivity index (χ3n) is 5.72. The molecule has 3 unspecified atom stereocenters. The molecule has 1 heterocycles. The van der Waals surface area contributed by atoms with Gasteiger partial charge < -0.3 is 9.45 Å². The summed E-state index contributed by atoms with van der Waals surface area (Å²) in [5, 5.41) is 0.758. The van der Waals surface area contributed by atoms with Crippen molar-refractivity contribution in [2.75, 3.05) is 13.1 Å². The van der Waals surface area contributed by atoms with Gasteiger partial charge in [-0.25, -0.2) is 0 Å². The van der Waals surface area contributed by atoms with Gasteiger partial charge in [0.2, 0.25) is 5.91 Å². The molecule has 1 aliphatic heterocycles. The average molecular weight is 439 g/mol. The molecule has 1 fully saturated rings. The number of carbonyl (C=O) groups excluding carboxylic acids is 1. The van der Waals surface area contributed by atoms with E-state index < -0.39 is 11.4 Å². The molecule has 0 spiro atoms. The summed E-state index contributed by atoms with van der Waals surface area (Å²) in [5.41, 5.74) is 1.12. The third kappa shape index (κ3) is 6.00. The van der Waals surface area contributed by atoms with E-state index in [-0.39, 0.29) is 29.2 Å². The summed E-state index contributed by atoms with van der Waals surface area (Å²) in [6.07, 6.45) is 5.15. The van der Waals surface area contributed by atoms with Crippen molar-refractivity contribution in [3.05, 3.63) is 47.5 Å². The van der Waals surface area contributed by atoms with Crippen molar-refractivity contribution in [2.45, 2.75) is 70.7 Å². The van der Waals surface area contributed by atoms with E-state index in [2.05, 4.69) is 18.4 Å². The Balaban J connectivity index is 2.35. The minimum atomic E-state index is -1.06. The summed E-state index contributed by atoms with van der Waals surface area (Å²) in [5.74, 6) is 0.171. The van der Waals surface area contributed by atoms with Crippen LogP contribution in [0.15, 0.2) is 36.9 Å². The Hall–Kier alpha value is -1.01. The van der Waals surface area contributed by atoms with E-state index >= 15 is 0 Å². The predicted molar refractivity (Wildman–Crippen MR) is 123 cm³/mol. The largest absolute Gasteiger partial charge is 0.598 e. The number of hydrogen-bond acceptors (Lipinski definition) is 3. The van der Waals surface area contributed by atoms with Gasteiger partial charge in [0, 0.05) is 34.9 Å². The average Bonchev–Trinajstić information content (AvgIpc) is 2.71. The Bertz CT molecular complexity index is 667. The zero-order valence-electron chi connectivity index (χ0n) is 18.1. The normalized spacial score (nSPS) is 22.2. The number of rotatable bonds is 10. The van der Waals surface area contributed by atoms with Gasteiger partial charge in [0.1, 0.15) is 5.25 Å². The van der Waals surface area contributed by atoms with Gasteiger partial charge >= 0.3 is 0 Å². The first-order chi connectivity index (χ1) is 13.8. The highest BCUT2D eigenvalue weighted by Crippen LogP contribution is 2.38. The van der Waals surface area contributed by atoms with E-state index in [0.29, 0.717) is 24.5 Å². The van der Waals surface area contributed by atoms with Crippen molar-refractivity contribution >= 4 is 28.9 Å². The quantitative estimate of drug-likeness (QED) is 0.364. The van der Waals surface area contributed by atoms with Crippen LogP contribution in [0.25, 0.3) is 0 Å². The lowest BCUT2D eigenvalue weighted by atomic mass is 9.85. The second kappa shape index (κ2) is 11.4.